The number of nitrogens with zero attached hydrogens (tertiary/aromatic N) is 3. The van der Waals surface area contributed by atoms with E-state index in [-0.39, 0.29) is 0 Å². The maximum absolute atomic E-state index is 6.05. The number of hydrogen-bond acceptors (Lipinski definition) is 2. The van der Waals surface area contributed by atoms with Gasteiger partial charge in [0.25, 0.3) is 0 Å². The van der Waals surface area contributed by atoms with Crippen molar-refractivity contribution in [3.63, 3.8) is 0 Å². The quantitative estimate of drug-likeness (QED) is 0.784. The van der Waals surface area contributed by atoms with Crippen LogP contribution in [-0.4, -0.2) is 14.5 Å². The number of rotatable bonds is 2. The second-order valence-corrected chi connectivity index (χ2v) is 4.13. The molecule has 2 aromatic heterocycles. The van der Waals surface area contributed by atoms with Crippen molar-refractivity contribution in [2.75, 3.05) is 0 Å². The predicted molar refractivity (Wildman–Crippen MR) is 62.3 cm³/mol. The van der Waals surface area contributed by atoms with Crippen molar-refractivity contribution < 1.29 is 0 Å². The smallest absolute Gasteiger partial charge is 0.144 e. The lowest BCUT2D eigenvalue weighted by Gasteiger charge is -2.02. The van der Waals surface area contributed by atoms with Crippen LogP contribution in [0.4, 0.5) is 0 Å². The fourth-order valence-corrected chi connectivity index (χ4v) is 1.89. The maximum Gasteiger partial charge on any atom is 0.144 e. The number of halogens is 1. The molecule has 80 valence electrons. The first-order chi connectivity index (χ1) is 7.13. The summed E-state index contributed by atoms with van der Waals surface area (Å²) in [5, 5.41) is 1.75. The van der Waals surface area contributed by atoms with Gasteiger partial charge in [-0.3, -0.25) is 0 Å². The lowest BCUT2D eigenvalue weighted by molar-refractivity contribution is 0.824. The zero-order valence-corrected chi connectivity index (χ0v) is 9.97. The Bertz CT molecular complexity index is 502. The van der Waals surface area contributed by atoms with Gasteiger partial charge in [0.1, 0.15) is 16.6 Å². The highest BCUT2D eigenvalue weighted by atomic mass is 35.5. The number of aromatic nitrogens is 3. The molecule has 4 heteroatoms. The molecule has 15 heavy (non-hydrogen) atoms. The number of hydrogen-bond donors (Lipinski definition) is 0. The average molecular weight is 224 g/mol. The van der Waals surface area contributed by atoms with Crippen LogP contribution in [-0.2, 0) is 13.5 Å². The molecule has 0 N–H and O–H groups in total. The SMILES string of the molecule is CCCc1nc(C)c2cc(Cl)n(C)c2n1. The van der Waals surface area contributed by atoms with Crippen LogP contribution in [0.2, 0.25) is 5.15 Å². The number of aryl methyl sites for hydroxylation is 3. The van der Waals surface area contributed by atoms with E-state index in [0.29, 0.717) is 5.15 Å². The molecule has 0 atom stereocenters. The molecular formula is C11H14ClN3. The zero-order chi connectivity index (χ0) is 11.0. The third-order valence-electron chi connectivity index (χ3n) is 2.54. The molecule has 0 aromatic carbocycles. The summed E-state index contributed by atoms with van der Waals surface area (Å²) in [6.07, 6.45) is 1.97. The van der Waals surface area contributed by atoms with Crippen molar-refractivity contribution in [2.45, 2.75) is 26.7 Å². The van der Waals surface area contributed by atoms with Gasteiger partial charge in [0.05, 0.1) is 5.69 Å². The molecule has 0 spiro atoms. The molecule has 0 saturated carbocycles. The fourth-order valence-electron chi connectivity index (χ4n) is 1.70. The highest BCUT2D eigenvalue weighted by Gasteiger charge is 2.09. The van der Waals surface area contributed by atoms with Crippen LogP contribution in [0.1, 0.15) is 24.9 Å². The van der Waals surface area contributed by atoms with Crippen LogP contribution >= 0.6 is 11.6 Å². The van der Waals surface area contributed by atoms with E-state index >= 15 is 0 Å². The molecule has 0 bridgehead atoms. The predicted octanol–water partition coefficient (Wildman–Crippen LogP) is 2.88. The second kappa shape index (κ2) is 3.81. The van der Waals surface area contributed by atoms with Crippen LogP contribution in [0.5, 0.6) is 0 Å². The molecule has 3 nitrogen and oxygen atoms in total. The van der Waals surface area contributed by atoms with Crippen molar-refractivity contribution in [3.05, 3.63) is 22.7 Å². The Morgan fingerprint density at radius 2 is 2.13 bits per heavy atom. The Labute approximate surface area is 94.1 Å². The molecule has 2 heterocycles. The summed E-state index contributed by atoms with van der Waals surface area (Å²) in [6.45, 7) is 4.13. The molecule has 0 aliphatic rings. The Morgan fingerprint density at radius 3 is 2.80 bits per heavy atom. The Morgan fingerprint density at radius 1 is 1.40 bits per heavy atom. The van der Waals surface area contributed by atoms with Crippen LogP contribution in [0, 0.1) is 6.92 Å². The highest BCUT2D eigenvalue weighted by Crippen LogP contribution is 2.22. The lowest BCUT2D eigenvalue weighted by Crippen LogP contribution is -1.99. The van der Waals surface area contributed by atoms with E-state index in [1.807, 2.05) is 24.6 Å². The van der Waals surface area contributed by atoms with Gasteiger partial charge in [-0.1, -0.05) is 18.5 Å². The van der Waals surface area contributed by atoms with E-state index in [4.69, 9.17) is 11.6 Å². The van der Waals surface area contributed by atoms with E-state index in [1.165, 1.54) is 0 Å². The monoisotopic (exact) mass is 223 g/mol. The van der Waals surface area contributed by atoms with Crippen LogP contribution in [0.3, 0.4) is 0 Å². The molecule has 0 unspecified atom stereocenters. The summed E-state index contributed by atoms with van der Waals surface area (Å²) in [4.78, 5) is 8.98. The van der Waals surface area contributed by atoms with E-state index in [2.05, 4.69) is 16.9 Å². The van der Waals surface area contributed by atoms with E-state index in [0.717, 1.165) is 35.4 Å². The Hall–Kier alpha value is -1.09. The molecule has 0 aliphatic heterocycles. The van der Waals surface area contributed by atoms with Gasteiger partial charge in [-0.15, -0.1) is 0 Å². The fraction of sp³-hybridized carbons (Fsp3) is 0.455. The zero-order valence-electron chi connectivity index (χ0n) is 9.21. The van der Waals surface area contributed by atoms with Gasteiger partial charge in [-0.25, -0.2) is 9.97 Å². The minimum atomic E-state index is 0.705. The lowest BCUT2D eigenvalue weighted by atomic mass is 10.2. The Balaban J connectivity index is 2.68. The first kappa shape index (κ1) is 10.4. The standard InChI is InChI=1S/C11H14ClN3/c1-4-5-10-13-7(2)8-6-9(12)15(3)11(8)14-10/h6H,4-5H2,1-3H3. The van der Waals surface area contributed by atoms with Gasteiger partial charge in [0.2, 0.25) is 0 Å². The first-order valence-corrected chi connectivity index (χ1v) is 5.49. The molecule has 2 rings (SSSR count). The number of fused-ring (bicyclic) bond motifs is 1. The van der Waals surface area contributed by atoms with Crippen molar-refractivity contribution >= 4 is 22.6 Å². The molecule has 0 aliphatic carbocycles. The minimum Gasteiger partial charge on any atom is -0.319 e. The van der Waals surface area contributed by atoms with E-state index in [1.54, 1.807) is 0 Å². The van der Waals surface area contributed by atoms with Crippen LogP contribution in [0.15, 0.2) is 6.07 Å². The van der Waals surface area contributed by atoms with Crippen molar-refractivity contribution in [2.24, 2.45) is 7.05 Å². The maximum atomic E-state index is 6.05. The van der Waals surface area contributed by atoms with Crippen molar-refractivity contribution in [1.82, 2.24) is 14.5 Å². The van der Waals surface area contributed by atoms with E-state index < -0.39 is 0 Å². The van der Waals surface area contributed by atoms with Crippen molar-refractivity contribution in [3.8, 4) is 0 Å². The van der Waals surface area contributed by atoms with Gasteiger partial charge in [0, 0.05) is 18.9 Å². The highest BCUT2D eigenvalue weighted by molar-refractivity contribution is 6.30. The summed E-state index contributed by atoms with van der Waals surface area (Å²) in [5.41, 5.74) is 1.93. The topological polar surface area (TPSA) is 30.7 Å². The third-order valence-corrected chi connectivity index (χ3v) is 2.90. The molecule has 0 radical (unpaired) electrons. The summed E-state index contributed by atoms with van der Waals surface area (Å²) in [6, 6.07) is 1.92. The molecule has 0 fully saturated rings. The third kappa shape index (κ3) is 1.72. The van der Waals surface area contributed by atoms with Gasteiger partial charge in [-0.2, -0.15) is 0 Å². The Kier molecular flexibility index (Phi) is 2.65. The van der Waals surface area contributed by atoms with Crippen molar-refractivity contribution in [1.29, 1.82) is 0 Å². The minimum absolute atomic E-state index is 0.705. The molecule has 2 aromatic rings. The van der Waals surface area contributed by atoms with E-state index in [9.17, 15) is 0 Å². The van der Waals surface area contributed by atoms with Gasteiger partial charge in [0.15, 0.2) is 0 Å². The molecule has 0 amide bonds. The normalized spacial score (nSPS) is 11.2. The van der Waals surface area contributed by atoms with Gasteiger partial charge in [-0.05, 0) is 19.4 Å². The molecular weight excluding hydrogens is 210 g/mol. The van der Waals surface area contributed by atoms with Gasteiger partial charge < -0.3 is 4.57 Å². The summed E-state index contributed by atoms with van der Waals surface area (Å²) >= 11 is 6.05. The van der Waals surface area contributed by atoms with Gasteiger partial charge >= 0.3 is 0 Å². The second-order valence-electron chi connectivity index (χ2n) is 3.74. The largest absolute Gasteiger partial charge is 0.319 e. The summed E-state index contributed by atoms with van der Waals surface area (Å²) in [7, 11) is 1.92. The van der Waals surface area contributed by atoms with Crippen LogP contribution < -0.4 is 0 Å². The average Bonchev–Trinajstić information content (AvgIpc) is 2.46. The first-order valence-electron chi connectivity index (χ1n) is 5.12. The van der Waals surface area contributed by atoms with Crippen LogP contribution in [0.25, 0.3) is 11.0 Å². The summed E-state index contributed by atoms with van der Waals surface area (Å²) < 4.78 is 1.89. The molecule has 0 saturated heterocycles. The summed E-state index contributed by atoms with van der Waals surface area (Å²) in [5.74, 6) is 0.903.